The zero-order valence-corrected chi connectivity index (χ0v) is 8.24. The molecule has 0 atom stereocenters. The van der Waals surface area contributed by atoms with Crippen molar-refractivity contribution in [3.63, 3.8) is 0 Å². The molecule has 0 aromatic carbocycles. The van der Waals surface area contributed by atoms with Gasteiger partial charge in [-0.05, 0) is 0 Å². The Labute approximate surface area is 64.1 Å². The molecule has 0 saturated carbocycles. The molecule has 0 unspecified atom stereocenters. The predicted octanol–water partition coefficient (Wildman–Crippen LogP) is 1.36. The van der Waals surface area contributed by atoms with Crippen molar-refractivity contribution in [2.24, 2.45) is 0 Å². The maximum atomic E-state index is 2.31. The summed E-state index contributed by atoms with van der Waals surface area (Å²) in [6.07, 6.45) is 0. The van der Waals surface area contributed by atoms with E-state index in [4.69, 9.17) is 0 Å². The van der Waals surface area contributed by atoms with E-state index < -0.39 is 0 Å². The molecule has 0 amide bonds. The van der Waals surface area contributed by atoms with Gasteiger partial charge in [-0.2, -0.15) is 0 Å². The first-order valence-electron chi connectivity index (χ1n) is 1.44. The van der Waals surface area contributed by atoms with Crippen LogP contribution in [0.15, 0.2) is 0 Å². The summed E-state index contributed by atoms with van der Waals surface area (Å²) in [6.45, 7) is 4.47. The molecular weight excluding hydrogens is 171 g/mol. The van der Waals surface area contributed by atoms with Crippen molar-refractivity contribution in [2.75, 3.05) is 0 Å². The van der Waals surface area contributed by atoms with Gasteiger partial charge in [-0.1, -0.05) is 0 Å². The molecule has 0 spiro atoms. The molecule has 0 saturated heterocycles. The van der Waals surface area contributed by atoms with Crippen molar-refractivity contribution >= 4 is 31.5 Å². The van der Waals surface area contributed by atoms with Crippen LogP contribution < -0.4 is 0 Å². The molecule has 0 N–H and O–H groups in total. The molecular formula is C2H9Cl2SiTi. The summed E-state index contributed by atoms with van der Waals surface area (Å²) >= 11 is 2.31. The Kier molecular flexibility index (Phi) is 25.3. The molecule has 0 heterocycles. The van der Waals surface area contributed by atoms with Crippen LogP contribution in [0.3, 0.4) is 0 Å². The summed E-state index contributed by atoms with van der Waals surface area (Å²) in [5.74, 6) is 0. The van der Waals surface area contributed by atoms with Gasteiger partial charge in [0.1, 0.15) is 0 Å². The van der Waals surface area contributed by atoms with E-state index in [0.717, 1.165) is 0 Å². The molecule has 0 aliphatic heterocycles. The monoisotopic (exact) mass is 179 g/mol. The van der Waals surface area contributed by atoms with Gasteiger partial charge in [-0.25, -0.2) is 0 Å². The van der Waals surface area contributed by atoms with Crippen molar-refractivity contribution in [2.45, 2.75) is 13.1 Å². The molecule has 0 bridgehead atoms. The summed E-state index contributed by atoms with van der Waals surface area (Å²) in [7, 11) is 0. The Hall–Kier alpha value is 1.51. The first-order valence-corrected chi connectivity index (χ1v) is 7.03. The van der Waals surface area contributed by atoms with Crippen molar-refractivity contribution < 1.29 is 19.7 Å². The summed E-state index contributed by atoms with van der Waals surface area (Å²) in [4.78, 5) is 0. The molecule has 0 rings (SSSR count). The van der Waals surface area contributed by atoms with E-state index >= 15 is 0 Å². The number of halogens is 2. The van der Waals surface area contributed by atoms with Gasteiger partial charge >= 0.3 is 39.4 Å². The maximum absolute atomic E-state index is 2.31. The average Bonchev–Trinajstić information content (AvgIpc) is 0.811. The van der Waals surface area contributed by atoms with Crippen LogP contribution in [-0.2, 0) is 19.7 Å². The average molecular weight is 180 g/mol. The van der Waals surface area contributed by atoms with E-state index in [1.165, 1.54) is 0 Å². The van der Waals surface area contributed by atoms with Gasteiger partial charge in [0, 0.05) is 0 Å². The number of hydrogen-bond donors (Lipinski definition) is 0. The minimum absolute atomic E-state index is 0. The van der Waals surface area contributed by atoms with Crippen LogP contribution in [0, 0.1) is 0 Å². The van der Waals surface area contributed by atoms with E-state index in [-0.39, 0.29) is 31.5 Å². The smallest absolute Gasteiger partial charge is 0.147 e. The maximum Gasteiger partial charge on any atom is -0.147 e. The van der Waals surface area contributed by atoms with Crippen LogP contribution in [0.2, 0.25) is 13.1 Å². The fourth-order valence-corrected chi connectivity index (χ4v) is 0. The standard InChI is InChI=1S/C2H7Si.2ClH.Ti/c1-3-2;;;/h3H,1-2H3;2*1H;. The fourth-order valence-electron chi connectivity index (χ4n) is 0. The molecule has 0 aromatic rings. The SMILES string of the molecule is C[SiH](C)[Ti].Cl.Cl. The Morgan fingerprint density at radius 3 is 1.17 bits per heavy atom. The third kappa shape index (κ3) is 49.1. The second-order valence-corrected chi connectivity index (χ2v) is 8.87. The van der Waals surface area contributed by atoms with Crippen molar-refractivity contribution in [1.82, 2.24) is 0 Å². The molecule has 0 nitrogen and oxygen atoms in total. The van der Waals surface area contributed by atoms with Crippen molar-refractivity contribution in [3.05, 3.63) is 0 Å². The Morgan fingerprint density at radius 1 is 1.17 bits per heavy atom. The van der Waals surface area contributed by atoms with Gasteiger partial charge in [0.25, 0.3) is 0 Å². The van der Waals surface area contributed by atoms with Gasteiger partial charge in [0.2, 0.25) is 0 Å². The van der Waals surface area contributed by atoms with Crippen molar-refractivity contribution in [3.8, 4) is 0 Å². The molecule has 0 radical (unpaired) electrons. The predicted molar refractivity (Wildman–Crippen MR) is 33.4 cm³/mol. The summed E-state index contributed by atoms with van der Waals surface area (Å²) in [6, 6.07) is 0. The van der Waals surface area contributed by atoms with E-state index in [1.807, 2.05) is 0 Å². The molecule has 39 valence electrons. The van der Waals surface area contributed by atoms with Crippen molar-refractivity contribution in [1.29, 1.82) is 0 Å². The number of rotatable bonds is 0. The normalized spacial score (nSPS) is 5.67. The van der Waals surface area contributed by atoms with Crippen LogP contribution >= 0.6 is 24.8 Å². The van der Waals surface area contributed by atoms with Crippen LogP contribution in [0.5, 0.6) is 0 Å². The van der Waals surface area contributed by atoms with Gasteiger partial charge < -0.3 is 0 Å². The summed E-state index contributed by atoms with van der Waals surface area (Å²) in [5.41, 5.74) is 0. The van der Waals surface area contributed by atoms with Crippen LogP contribution in [0.4, 0.5) is 0 Å². The zero-order chi connectivity index (χ0) is 3.58. The molecule has 0 aromatic heterocycles. The molecule has 0 aliphatic rings. The molecule has 0 aliphatic carbocycles. The third-order valence-corrected chi connectivity index (χ3v) is 0. The first-order chi connectivity index (χ1) is 1.73. The minimum atomic E-state index is -0.139. The van der Waals surface area contributed by atoms with Gasteiger partial charge in [-0.3, -0.25) is 0 Å². The van der Waals surface area contributed by atoms with E-state index in [1.54, 1.807) is 0 Å². The first kappa shape index (κ1) is 15.6. The fraction of sp³-hybridized carbons (Fsp3) is 1.00. The molecule has 6 heavy (non-hydrogen) atoms. The van der Waals surface area contributed by atoms with Gasteiger partial charge in [-0.15, -0.1) is 24.8 Å². The summed E-state index contributed by atoms with van der Waals surface area (Å²) < 4.78 is 0. The molecule has 4 heteroatoms. The van der Waals surface area contributed by atoms with E-state index in [0.29, 0.717) is 0 Å². The second kappa shape index (κ2) is 9.72. The van der Waals surface area contributed by atoms with E-state index in [2.05, 4.69) is 32.8 Å². The topological polar surface area (TPSA) is 0 Å². The van der Waals surface area contributed by atoms with E-state index in [9.17, 15) is 0 Å². The molecule has 0 fully saturated rings. The quantitative estimate of drug-likeness (QED) is 0.493. The third-order valence-electron chi connectivity index (χ3n) is 0. The van der Waals surface area contributed by atoms with Crippen LogP contribution in [0.25, 0.3) is 0 Å². The zero-order valence-electron chi connectivity index (χ0n) is 3.89. The largest absolute Gasteiger partial charge is 0.147 e. The van der Waals surface area contributed by atoms with Gasteiger partial charge in [0.05, 0.1) is 0 Å². The van der Waals surface area contributed by atoms with Gasteiger partial charge in [0.15, 0.2) is 0 Å². The Bertz CT molecular complexity index is 16.3. The number of hydrogen-bond acceptors (Lipinski definition) is 0. The summed E-state index contributed by atoms with van der Waals surface area (Å²) in [5, 5.41) is 0. The second-order valence-electron chi connectivity index (χ2n) is 1.15. The van der Waals surface area contributed by atoms with Crippen LogP contribution in [-0.4, -0.2) is 6.66 Å². The Morgan fingerprint density at radius 2 is 1.17 bits per heavy atom. The Balaban J connectivity index is -0.0000000450. The minimum Gasteiger partial charge on any atom is -0.147 e. The van der Waals surface area contributed by atoms with Crippen LogP contribution in [0.1, 0.15) is 0 Å².